The molecule has 22 heavy (non-hydrogen) atoms. The third-order valence-corrected chi connectivity index (χ3v) is 3.68. The Morgan fingerprint density at radius 1 is 1.00 bits per heavy atom. The minimum Gasteiger partial charge on any atom is -0.461 e. The highest BCUT2D eigenvalue weighted by atomic mass is 16.5. The molecule has 0 aromatic heterocycles. The highest BCUT2D eigenvalue weighted by molar-refractivity contribution is 5.81. The average Bonchev–Trinajstić information content (AvgIpc) is 2.45. The van der Waals surface area contributed by atoms with Gasteiger partial charge in [-0.05, 0) is 23.8 Å². The highest BCUT2D eigenvalue weighted by Crippen LogP contribution is 2.18. The van der Waals surface area contributed by atoms with Gasteiger partial charge in [-0.25, -0.2) is 0 Å². The Labute approximate surface area is 134 Å². The number of carbonyl (C=O) groups is 2. The van der Waals surface area contributed by atoms with Crippen LogP contribution in [0.2, 0.25) is 0 Å². The van der Waals surface area contributed by atoms with E-state index in [1.54, 1.807) is 0 Å². The lowest BCUT2D eigenvalue weighted by molar-refractivity contribution is -0.146. The number of ketones is 1. The van der Waals surface area contributed by atoms with Gasteiger partial charge in [0.2, 0.25) is 0 Å². The van der Waals surface area contributed by atoms with Crippen molar-refractivity contribution < 1.29 is 14.3 Å². The standard InChI is InChI=1S/C19H28O3/c1-14(2)10-16(4)18(20)11-15(3)12-19(21)22-13-17-8-6-5-7-9-17/h5-9,14-16H,10-13H2,1-4H3. The molecule has 0 aliphatic carbocycles. The summed E-state index contributed by atoms with van der Waals surface area (Å²) in [7, 11) is 0. The van der Waals surface area contributed by atoms with Crippen LogP contribution in [0.1, 0.15) is 52.5 Å². The molecule has 1 aromatic carbocycles. The molecule has 122 valence electrons. The minimum absolute atomic E-state index is 0.0328. The maximum atomic E-state index is 12.1. The molecule has 3 nitrogen and oxygen atoms in total. The molecule has 3 heteroatoms. The number of hydrogen-bond donors (Lipinski definition) is 0. The van der Waals surface area contributed by atoms with Gasteiger partial charge in [0.05, 0.1) is 0 Å². The monoisotopic (exact) mass is 304 g/mol. The Bertz CT molecular complexity index is 465. The van der Waals surface area contributed by atoms with Crippen LogP contribution in [-0.2, 0) is 20.9 Å². The van der Waals surface area contributed by atoms with Crippen LogP contribution in [0.5, 0.6) is 0 Å². The third-order valence-electron chi connectivity index (χ3n) is 3.68. The molecule has 0 heterocycles. The van der Waals surface area contributed by atoms with Crippen molar-refractivity contribution in [3.05, 3.63) is 35.9 Å². The minimum atomic E-state index is -0.235. The van der Waals surface area contributed by atoms with Crippen LogP contribution < -0.4 is 0 Å². The van der Waals surface area contributed by atoms with Crippen molar-refractivity contribution in [3.8, 4) is 0 Å². The largest absolute Gasteiger partial charge is 0.461 e. The fraction of sp³-hybridized carbons (Fsp3) is 0.579. The number of ether oxygens (including phenoxy) is 1. The summed E-state index contributed by atoms with van der Waals surface area (Å²) in [5.74, 6) is 0.635. The van der Waals surface area contributed by atoms with E-state index in [0.717, 1.165) is 12.0 Å². The second-order valence-electron chi connectivity index (χ2n) is 6.66. The van der Waals surface area contributed by atoms with E-state index in [2.05, 4.69) is 13.8 Å². The van der Waals surface area contributed by atoms with Crippen LogP contribution >= 0.6 is 0 Å². The van der Waals surface area contributed by atoms with E-state index in [9.17, 15) is 9.59 Å². The van der Waals surface area contributed by atoms with Gasteiger partial charge in [0.25, 0.3) is 0 Å². The lowest BCUT2D eigenvalue weighted by Gasteiger charge is -2.16. The van der Waals surface area contributed by atoms with Gasteiger partial charge in [-0.2, -0.15) is 0 Å². The molecule has 0 aliphatic rings. The summed E-state index contributed by atoms with van der Waals surface area (Å²) >= 11 is 0. The first-order valence-corrected chi connectivity index (χ1v) is 8.10. The summed E-state index contributed by atoms with van der Waals surface area (Å²) in [6.07, 6.45) is 1.66. The van der Waals surface area contributed by atoms with E-state index >= 15 is 0 Å². The summed E-state index contributed by atoms with van der Waals surface area (Å²) in [4.78, 5) is 23.9. The van der Waals surface area contributed by atoms with E-state index in [4.69, 9.17) is 4.74 Å². The second-order valence-corrected chi connectivity index (χ2v) is 6.66. The topological polar surface area (TPSA) is 43.4 Å². The van der Waals surface area contributed by atoms with Crippen molar-refractivity contribution in [1.82, 2.24) is 0 Å². The molecule has 0 amide bonds. The molecule has 2 atom stereocenters. The second kappa shape index (κ2) is 9.39. The van der Waals surface area contributed by atoms with Crippen LogP contribution in [0.3, 0.4) is 0 Å². The third kappa shape index (κ3) is 7.39. The molecular formula is C19H28O3. The van der Waals surface area contributed by atoms with Gasteiger partial charge in [-0.15, -0.1) is 0 Å². The van der Waals surface area contributed by atoms with E-state index in [0.29, 0.717) is 25.4 Å². The molecule has 0 radical (unpaired) electrons. The first-order chi connectivity index (χ1) is 10.4. The quantitative estimate of drug-likeness (QED) is 0.635. The van der Waals surface area contributed by atoms with Crippen LogP contribution in [-0.4, -0.2) is 11.8 Å². The fourth-order valence-corrected chi connectivity index (χ4v) is 2.54. The Morgan fingerprint density at radius 3 is 2.23 bits per heavy atom. The van der Waals surface area contributed by atoms with Crippen molar-refractivity contribution >= 4 is 11.8 Å². The Hall–Kier alpha value is -1.64. The first kappa shape index (κ1) is 18.4. The summed E-state index contributed by atoms with van der Waals surface area (Å²) in [5, 5.41) is 0. The molecule has 0 N–H and O–H groups in total. The zero-order chi connectivity index (χ0) is 16.5. The zero-order valence-electron chi connectivity index (χ0n) is 14.2. The average molecular weight is 304 g/mol. The first-order valence-electron chi connectivity index (χ1n) is 8.10. The maximum absolute atomic E-state index is 12.1. The van der Waals surface area contributed by atoms with E-state index in [1.165, 1.54) is 0 Å². The van der Waals surface area contributed by atoms with Crippen molar-refractivity contribution in [3.63, 3.8) is 0 Å². The molecule has 0 bridgehead atoms. The van der Waals surface area contributed by atoms with Gasteiger partial charge < -0.3 is 4.74 Å². The van der Waals surface area contributed by atoms with Gasteiger partial charge in [-0.3, -0.25) is 9.59 Å². The number of esters is 1. The Morgan fingerprint density at radius 2 is 1.64 bits per heavy atom. The smallest absolute Gasteiger partial charge is 0.306 e. The molecule has 2 unspecified atom stereocenters. The molecular weight excluding hydrogens is 276 g/mol. The lowest BCUT2D eigenvalue weighted by Crippen LogP contribution is -2.18. The summed E-state index contributed by atoms with van der Waals surface area (Å²) in [6.45, 7) is 8.44. The van der Waals surface area contributed by atoms with Gasteiger partial charge in [-0.1, -0.05) is 58.0 Å². The van der Waals surface area contributed by atoms with Crippen molar-refractivity contribution in [2.75, 3.05) is 0 Å². The summed E-state index contributed by atoms with van der Waals surface area (Å²) < 4.78 is 5.26. The maximum Gasteiger partial charge on any atom is 0.306 e. The Balaban J connectivity index is 2.30. The molecule has 0 fully saturated rings. The molecule has 1 aromatic rings. The van der Waals surface area contributed by atoms with Crippen LogP contribution in [0.4, 0.5) is 0 Å². The van der Waals surface area contributed by atoms with E-state index < -0.39 is 0 Å². The van der Waals surface area contributed by atoms with Crippen molar-refractivity contribution in [2.24, 2.45) is 17.8 Å². The number of hydrogen-bond acceptors (Lipinski definition) is 3. The number of rotatable bonds is 9. The van der Waals surface area contributed by atoms with Gasteiger partial charge >= 0.3 is 5.97 Å². The van der Waals surface area contributed by atoms with Gasteiger partial charge in [0.1, 0.15) is 12.4 Å². The van der Waals surface area contributed by atoms with Gasteiger partial charge in [0, 0.05) is 18.8 Å². The van der Waals surface area contributed by atoms with E-state index in [-0.39, 0.29) is 23.6 Å². The van der Waals surface area contributed by atoms with Crippen molar-refractivity contribution in [1.29, 1.82) is 0 Å². The molecule has 0 aliphatic heterocycles. The number of carbonyl (C=O) groups excluding carboxylic acids is 2. The predicted octanol–water partition coefficient (Wildman–Crippen LogP) is 4.40. The van der Waals surface area contributed by atoms with Crippen molar-refractivity contribution in [2.45, 2.75) is 53.6 Å². The van der Waals surface area contributed by atoms with Crippen LogP contribution in [0.25, 0.3) is 0 Å². The zero-order valence-corrected chi connectivity index (χ0v) is 14.2. The summed E-state index contributed by atoms with van der Waals surface area (Å²) in [5.41, 5.74) is 0.977. The predicted molar refractivity (Wildman–Crippen MR) is 88.3 cm³/mol. The SMILES string of the molecule is CC(C)CC(C)C(=O)CC(C)CC(=O)OCc1ccccc1. The molecule has 0 spiro atoms. The highest BCUT2D eigenvalue weighted by Gasteiger charge is 2.19. The fourth-order valence-electron chi connectivity index (χ4n) is 2.54. The summed E-state index contributed by atoms with van der Waals surface area (Å²) in [6, 6.07) is 9.61. The van der Waals surface area contributed by atoms with E-state index in [1.807, 2.05) is 44.2 Å². The molecule has 0 saturated carbocycles. The molecule has 1 rings (SSSR count). The Kier molecular flexibility index (Phi) is 7.86. The molecule has 0 saturated heterocycles. The van der Waals surface area contributed by atoms with Crippen LogP contribution in [0.15, 0.2) is 30.3 Å². The van der Waals surface area contributed by atoms with Crippen LogP contribution in [0, 0.1) is 17.8 Å². The number of benzene rings is 1. The number of Topliss-reactive ketones (excluding diaryl/α,β-unsaturated/α-hetero) is 1. The normalized spacial score (nSPS) is 13.7. The van der Waals surface area contributed by atoms with Gasteiger partial charge in [0.15, 0.2) is 0 Å². The lowest BCUT2D eigenvalue weighted by atomic mass is 9.89.